The molecule has 0 bridgehead atoms. The first-order valence-electron chi connectivity index (χ1n) is 8.01. The van der Waals surface area contributed by atoms with E-state index in [9.17, 15) is 9.59 Å². The van der Waals surface area contributed by atoms with Gasteiger partial charge in [0.05, 0.1) is 12.1 Å². The summed E-state index contributed by atoms with van der Waals surface area (Å²) in [7, 11) is 0. The van der Waals surface area contributed by atoms with Crippen LogP contribution in [0.3, 0.4) is 0 Å². The van der Waals surface area contributed by atoms with Crippen LogP contribution in [0.1, 0.15) is 12.8 Å². The number of ether oxygens (including phenoxy) is 1. The number of fused-ring (bicyclic) bond motifs is 1. The molecule has 24 heavy (non-hydrogen) atoms. The summed E-state index contributed by atoms with van der Waals surface area (Å²) in [6.45, 7) is 0.820. The number of amides is 2. The van der Waals surface area contributed by atoms with E-state index in [-0.39, 0.29) is 18.4 Å². The van der Waals surface area contributed by atoms with E-state index < -0.39 is 5.54 Å². The van der Waals surface area contributed by atoms with Gasteiger partial charge in [-0.05, 0) is 24.3 Å². The first-order valence-corrected chi connectivity index (χ1v) is 8.01. The SMILES string of the molecule is NC1(C(=O)NCC(=O)Nc2cccc3ccccc23)CCOCC1. The number of anilines is 1. The molecule has 0 atom stereocenters. The van der Waals surface area contributed by atoms with E-state index in [0.717, 1.165) is 16.5 Å². The molecule has 2 aromatic rings. The van der Waals surface area contributed by atoms with Crippen LogP contribution in [-0.2, 0) is 14.3 Å². The van der Waals surface area contributed by atoms with Gasteiger partial charge in [-0.2, -0.15) is 0 Å². The van der Waals surface area contributed by atoms with Gasteiger partial charge in [-0.15, -0.1) is 0 Å². The Hall–Kier alpha value is -2.44. The average molecular weight is 327 g/mol. The van der Waals surface area contributed by atoms with Gasteiger partial charge in [0, 0.05) is 24.3 Å². The summed E-state index contributed by atoms with van der Waals surface area (Å²) in [6, 6.07) is 13.5. The largest absolute Gasteiger partial charge is 0.381 e. The maximum absolute atomic E-state index is 12.2. The molecule has 3 rings (SSSR count). The molecule has 6 nitrogen and oxygen atoms in total. The molecule has 1 aliphatic heterocycles. The summed E-state index contributed by atoms with van der Waals surface area (Å²) in [4.78, 5) is 24.4. The van der Waals surface area contributed by atoms with Crippen molar-refractivity contribution in [2.24, 2.45) is 5.73 Å². The number of rotatable bonds is 4. The van der Waals surface area contributed by atoms with Crippen molar-refractivity contribution in [1.82, 2.24) is 5.32 Å². The molecule has 2 amide bonds. The molecule has 0 spiro atoms. The molecule has 2 aromatic carbocycles. The van der Waals surface area contributed by atoms with E-state index in [1.54, 1.807) is 0 Å². The molecule has 0 aliphatic carbocycles. The fourth-order valence-electron chi connectivity index (χ4n) is 2.83. The number of benzene rings is 2. The van der Waals surface area contributed by atoms with Gasteiger partial charge in [0.15, 0.2) is 0 Å². The zero-order valence-corrected chi connectivity index (χ0v) is 13.4. The minimum absolute atomic E-state index is 0.109. The van der Waals surface area contributed by atoms with Crippen molar-refractivity contribution in [1.29, 1.82) is 0 Å². The fourth-order valence-corrected chi connectivity index (χ4v) is 2.83. The predicted octanol–water partition coefficient (Wildman–Crippen LogP) is 1.40. The highest BCUT2D eigenvalue weighted by molar-refractivity contribution is 6.03. The third-order valence-electron chi connectivity index (χ3n) is 4.31. The zero-order chi connectivity index (χ0) is 17.0. The number of nitrogens with two attached hydrogens (primary N) is 1. The van der Waals surface area contributed by atoms with E-state index in [1.807, 2.05) is 42.5 Å². The lowest BCUT2D eigenvalue weighted by Gasteiger charge is -2.31. The second kappa shape index (κ2) is 6.98. The van der Waals surface area contributed by atoms with Crippen LogP contribution in [0.25, 0.3) is 10.8 Å². The zero-order valence-electron chi connectivity index (χ0n) is 13.4. The second-order valence-electron chi connectivity index (χ2n) is 6.03. The molecule has 0 saturated carbocycles. The van der Waals surface area contributed by atoms with Crippen LogP contribution in [0.4, 0.5) is 5.69 Å². The van der Waals surface area contributed by atoms with Gasteiger partial charge < -0.3 is 21.1 Å². The van der Waals surface area contributed by atoms with E-state index >= 15 is 0 Å². The van der Waals surface area contributed by atoms with Crippen molar-refractivity contribution < 1.29 is 14.3 Å². The van der Waals surface area contributed by atoms with E-state index in [0.29, 0.717) is 26.1 Å². The van der Waals surface area contributed by atoms with E-state index in [2.05, 4.69) is 10.6 Å². The molecule has 6 heteroatoms. The predicted molar refractivity (Wildman–Crippen MR) is 92.6 cm³/mol. The Labute approximate surface area is 140 Å². The van der Waals surface area contributed by atoms with Crippen LogP contribution in [0.15, 0.2) is 42.5 Å². The molecular formula is C18H21N3O3. The van der Waals surface area contributed by atoms with Crippen LogP contribution in [-0.4, -0.2) is 37.1 Å². The molecule has 0 unspecified atom stereocenters. The summed E-state index contributed by atoms with van der Waals surface area (Å²) in [6.07, 6.45) is 0.924. The second-order valence-corrected chi connectivity index (χ2v) is 6.03. The van der Waals surface area contributed by atoms with Gasteiger partial charge in [-0.1, -0.05) is 36.4 Å². The fraction of sp³-hybridized carbons (Fsp3) is 0.333. The van der Waals surface area contributed by atoms with Gasteiger partial charge in [-0.3, -0.25) is 9.59 Å². The number of carbonyl (C=O) groups excluding carboxylic acids is 2. The van der Waals surface area contributed by atoms with Gasteiger partial charge in [0.1, 0.15) is 0 Å². The molecule has 4 N–H and O–H groups in total. The Morgan fingerprint density at radius 3 is 2.58 bits per heavy atom. The number of hydrogen-bond donors (Lipinski definition) is 3. The number of carbonyl (C=O) groups is 2. The molecule has 1 saturated heterocycles. The van der Waals surface area contributed by atoms with Crippen LogP contribution in [0.2, 0.25) is 0 Å². The van der Waals surface area contributed by atoms with Gasteiger partial charge in [0.2, 0.25) is 11.8 Å². The Bertz CT molecular complexity index is 749. The van der Waals surface area contributed by atoms with Crippen molar-refractivity contribution in [2.75, 3.05) is 25.1 Å². The number of hydrogen-bond acceptors (Lipinski definition) is 4. The van der Waals surface area contributed by atoms with Crippen LogP contribution in [0.5, 0.6) is 0 Å². The quantitative estimate of drug-likeness (QED) is 0.791. The van der Waals surface area contributed by atoms with Gasteiger partial charge in [-0.25, -0.2) is 0 Å². The third kappa shape index (κ3) is 3.55. The molecule has 0 radical (unpaired) electrons. The number of nitrogens with one attached hydrogen (secondary N) is 2. The Morgan fingerprint density at radius 2 is 1.79 bits per heavy atom. The summed E-state index contributed by atoms with van der Waals surface area (Å²) in [5.41, 5.74) is 5.87. The van der Waals surface area contributed by atoms with Crippen LogP contribution in [0, 0.1) is 0 Å². The molecule has 1 aliphatic rings. The molecule has 1 heterocycles. The minimum Gasteiger partial charge on any atom is -0.381 e. The minimum atomic E-state index is -0.946. The van der Waals surface area contributed by atoms with E-state index in [1.165, 1.54) is 0 Å². The van der Waals surface area contributed by atoms with Crippen molar-refractivity contribution in [3.8, 4) is 0 Å². The lowest BCUT2D eigenvalue weighted by atomic mass is 9.90. The smallest absolute Gasteiger partial charge is 0.243 e. The first-order chi connectivity index (χ1) is 11.6. The standard InChI is InChI=1S/C18H21N3O3/c19-18(8-10-24-11-9-18)17(23)20-12-16(22)21-15-7-3-5-13-4-1-2-6-14(13)15/h1-7H,8-12,19H2,(H,20,23)(H,21,22). The molecule has 0 aromatic heterocycles. The highest BCUT2D eigenvalue weighted by Gasteiger charge is 2.35. The summed E-state index contributed by atoms with van der Waals surface area (Å²) >= 11 is 0. The molecular weight excluding hydrogens is 306 g/mol. The van der Waals surface area contributed by atoms with Gasteiger partial charge >= 0.3 is 0 Å². The van der Waals surface area contributed by atoms with E-state index in [4.69, 9.17) is 10.5 Å². The normalized spacial score (nSPS) is 16.5. The molecule has 126 valence electrons. The first kappa shape index (κ1) is 16.4. The summed E-state index contributed by atoms with van der Waals surface area (Å²) in [5, 5.41) is 7.47. The van der Waals surface area contributed by atoms with Crippen molar-refractivity contribution in [3.05, 3.63) is 42.5 Å². The lowest BCUT2D eigenvalue weighted by molar-refractivity contribution is -0.131. The highest BCUT2D eigenvalue weighted by Crippen LogP contribution is 2.22. The third-order valence-corrected chi connectivity index (χ3v) is 4.31. The Kier molecular flexibility index (Phi) is 4.78. The van der Waals surface area contributed by atoms with Crippen molar-refractivity contribution in [2.45, 2.75) is 18.4 Å². The maximum Gasteiger partial charge on any atom is 0.243 e. The highest BCUT2D eigenvalue weighted by atomic mass is 16.5. The Balaban J connectivity index is 1.60. The summed E-state index contributed by atoms with van der Waals surface area (Å²) in [5.74, 6) is -0.589. The molecule has 1 fully saturated rings. The maximum atomic E-state index is 12.2. The topological polar surface area (TPSA) is 93.5 Å². The monoisotopic (exact) mass is 327 g/mol. The average Bonchev–Trinajstić information content (AvgIpc) is 2.60. The Morgan fingerprint density at radius 1 is 1.08 bits per heavy atom. The van der Waals surface area contributed by atoms with Crippen molar-refractivity contribution >= 4 is 28.3 Å². The van der Waals surface area contributed by atoms with Crippen molar-refractivity contribution in [3.63, 3.8) is 0 Å². The van der Waals surface area contributed by atoms with Gasteiger partial charge in [0.25, 0.3) is 0 Å². The van der Waals surface area contributed by atoms with Crippen LogP contribution >= 0.6 is 0 Å². The lowest BCUT2D eigenvalue weighted by Crippen LogP contribution is -2.57. The van der Waals surface area contributed by atoms with Crippen LogP contribution < -0.4 is 16.4 Å². The summed E-state index contributed by atoms with van der Waals surface area (Å²) < 4.78 is 5.22.